The number of hydrogen-bond acceptors (Lipinski definition) is 5. The normalized spacial score (nSPS) is 17.5. The average molecular weight is 465 g/mol. The Balaban J connectivity index is 1.35. The van der Waals surface area contributed by atoms with Crippen molar-refractivity contribution in [2.75, 3.05) is 19.7 Å². The second kappa shape index (κ2) is 9.06. The summed E-state index contributed by atoms with van der Waals surface area (Å²) in [6.07, 6.45) is 4.17. The number of ether oxygens (including phenoxy) is 1. The zero-order valence-electron chi connectivity index (χ0n) is 19.0. The Labute approximate surface area is 197 Å². The van der Waals surface area contributed by atoms with E-state index >= 15 is 0 Å². The lowest BCUT2D eigenvalue weighted by molar-refractivity contribution is -0.135. The standard InChI is InChI=1S/C26H28N2O4S/c1-17-5-8-22(18(2)14-17)32-16-21-20-10-13-33-24(20)9-11-27(21)25(29)15-28(19-6-7-19)26(30)23-4-3-12-31-23/h3-5,8,10,12-14,19,21H,6-7,9,11,15-16H2,1-2H3/t21-/m1/s1. The summed E-state index contributed by atoms with van der Waals surface area (Å²) in [6.45, 7) is 5.17. The van der Waals surface area contributed by atoms with E-state index in [4.69, 9.17) is 9.15 Å². The molecule has 2 aromatic heterocycles. The van der Waals surface area contributed by atoms with E-state index in [9.17, 15) is 9.59 Å². The summed E-state index contributed by atoms with van der Waals surface area (Å²) in [5, 5.41) is 2.08. The van der Waals surface area contributed by atoms with Crippen LogP contribution in [0.5, 0.6) is 5.75 Å². The van der Waals surface area contributed by atoms with Gasteiger partial charge in [-0.3, -0.25) is 9.59 Å². The van der Waals surface area contributed by atoms with Crippen LogP contribution in [-0.2, 0) is 11.2 Å². The number of fused-ring (bicyclic) bond motifs is 1. The van der Waals surface area contributed by atoms with Crippen LogP contribution in [0, 0.1) is 13.8 Å². The quantitative estimate of drug-likeness (QED) is 0.505. The van der Waals surface area contributed by atoms with Gasteiger partial charge in [-0.15, -0.1) is 11.3 Å². The Kier molecular flexibility index (Phi) is 5.98. The van der Waals surface area contributed by atoms with Crippen LogP contribution in [0.4, 0.5) is 0 Å². The molecule has 1 aromatic carbocycles. The van der Waals surface area contributed by atoms with Crippen molar-refractivity contribution in [2.45, 2.75) is 45.2 Å². The fraction of sp³-hybridized carbons (Fsp3) is 0.385. The topological polar surface area (TPSA) is 63.0 Å². The molecule has 1 aliphatic heterocycles. The minimum atomic E-state index is -0.216. The van der Waals surface area contributed by atoms with Gasteiger partial charge in [-0.25, -0.2) is 0 Å². The molecule has 1 fully saturated rings. The molecule has 1 aliphatic carbocycles. The highest BCUT2D eigenvalue weighted by Crippen LogP contribution is 2.35. The smallest absolute Gasteiger partial charge is 0.290 e. The van der Waals surface area contributed by atoms with E-state index < -0.39 is 0 Å². The van der Waals surface area contributed by atoms with Crippen molar-refractivity contribution < 1.29 is 18.7 Å². The molecule has 3 heterocycles. The van der Waals surface area contributed by atoms with Crippen molar-refractivity contribution in [3.8, 4) is 5.75 Å². The van der Waals surface area contributed by atoms with E-state index in [-0.39, 0.29) is 36.2 Å². The van der Waals surface area contributed by atoms with Gasteiger partial charge in [0.2, 0.25) is 5.91 Å². The fourth-order valence-electron chi connectivity index (χ4n) is 4.54. The van der Waals surface area contributed by atoms with E-state index in [0.717, 1.165) is 36.1 Å². The number of benzene rings is 1. The molecule has 2 amide bonds. The maximum Gasteiger partial charge on any atom is 0.290 e. The van der Waals surface area contributed by atoms with E-state index in [1.807, 2.05) is 24.0 Å². The lowest BCUT2D eigenvalue weighted by Gasteiger charge is -2.37. The van der Waals surface area contributed by atoms with Crippen molar-refractivity contribution in [3.63, 3.8) is 0 Å². The predicted octanol–water partition coefficient (Wildman–Crippen LogP) is 4.77. The van der Waals surface area contributed by atoms with Gasteiger partial charge in [0.1, 0.15) is 18.9 Å². The number of hydrogen-bond donors (Lipinski definition) is 0. The Morgan fingerprint density at radius 1 is 1.21 bits per heavy atom. The summed E-state index contributed by atoms with van der Waals surface area (Å²) in [7, 11) is 0. The summed E-state index contributed by atoms with van der Waals surface area (Å²) < 4.78 is 11.5. The van der Waals surface area contributed by atoms with E-state index in [1.165, 1.54) is 16.7 Å². The van der Waals surface area contributed by atoms with Crippen molar-refractivity contribution in [1.82, 2.24) is 9.80 Å². The van der Waals surface area contributed by atoms with Gasteiger partial charge >= 0.3 is 0 Å². The third-order valence-electron chi connectivity index (χ3n) is 6.43. The summed E-state index contributed by atoms with van der Waals surface area (Å²) >= 11 is 1.73. The van der Waals surface area contributed by atoms with Crippen LogP contribution in [0.25, 0.3) is 0 Å². The van der Waals surface area contributed by atoms with E-state index in [2.05, 4.69) is 24.4 Å². The first kappa shape index (κ1) is 21.8. The predicted molar refractivity (Wildman–Crippen MR) is 127 cm³/mol. The third-order valence-corrected chi connectivity index (χ3v) is 7.42. The van der Waals surface area contributed by atoms with Gasteiger partial charge in [-0.1, -0.05) is 17.7 Å². The summed E-state index contributed by atoms with van der Waals surface area (Å²) in [5.74, 6) is 0.853. The van der Waals surface area contributed by atoms with Gasteiger partial charge in [0.05, 0.1) is 12.3 Å². The van der Waals surface area contributed by atoms with Gasteiger partial charge in [-0.05, 0) is 73.9 Å². The number of carbonyl (C=O) groups is 2. The van der Waals surface area contributed by atoms with E-state index in [1.54, 1.807) is 28.4 Å². The van der Waals surface area contributed by atoms with E-state index in [0.29, 0.717) is 13.2 Å². The number of amides is 2. The van der Waals surface area contributed by atoms with Gasteiger partial charge in [-0.2, -0.15) is 0 Å². The molecule has 0 unspecified atom stereocenters. The highest BCUT2D eigenvalue weighted by Gasteiger charge is 2.38. The maximum absolute atomic E-state index is 13.5. The Bertz CT molecular complexity index is 1150. The SMILES string of the molecule is Cc1ccc(OC[C@@H]2c3ccsc3CCN2C(=O)CN(C(=O)c2ccco2)C2CC2)c(C)c1. The number of rotatable bonds is 7. The molecule has 3 aromatic rings. The van der Waals surface area contributed by atoms with Gasteiger partial charge in [0.15, 0.2) is 5.76 Å². The zero-order valence-corrected chi connectivity index (χ0v) is 19.8. The van der Waals surface area contributed by atoms with Crippen molar-refractivity contribution >= 4 is 23.2 Å². The van der Waals surface area contributed by atoms with Crippen LogP contribution in [0.1, 0.15) is 51.0 Å². The highest BCUT2D eigenvalue weighted by atomic mass is 32.1. The second-order valence-corrected chi connectivity index (χ2v) is 9.87. The molecule has 172 valence electrons. The fourth-order valence-corrected chi connectivity index (χ4v) is 5.46. The number of furan rings is 1. The molecule has 33 heavy (non-hydrogen) atoms. The van der Waals surface area contributed by atoms with Crippen LogP contribution in [0.3, 0.4) is 0 Å². The Hall–Kier alpha value is -3.06. The minimum Gasteiger partial charge on any atom is -0.491 e. The van der Waals surface area contributed by atoms with Crippen molar-refractivity contribution in [1.29, 1.82) is 0 Å². The number of nitrogens with zero attached hydrogens (tertiary/aromatic N) is 2. The van der Waals surface area contributed by atoms with Crippen molar-refractivity contribution in [2.24, 2.45) is 0 Å². The van der Waals surface area contributed by atoms with Gasteiger partial charge in [0.25, 0.3) is 5.91 Å². The van der Waals surface area contributed by atoms with Crippen LogP contribution < -0.4 is 4.74 Å². The summed E-state index contributed by atoms with van der Waals surface area (Å²) in [4.78, 5) is 31.4. The molecular weight excluding hydrogens is 436 g/mol. The number of thiophene rings is 1. The lowest BCUT2D eigenvalue weighted by atomic mass is 10.00. The molecule has 1 atom stereocenters. The van der Waals surface area contributed by atoms with Gasteiger partial charge in [0, 0.05) is 17.5 Å². The zero-order chi connectivity index (χ0) is 22.9. The second-order valence-electron chi connectivity index (χ2n) is 8.87. The number of carbonyl (C=O) groups excluding carboxylic acids is 2. The molecule has 6 nitrogen and oxygen atoms in total. The maximum atomic E-state index is 13.5. The van der Waals surface area contributed by atoms with Gasteiger partial charge < -0.3 is 19.0 Å². The molecule has 5 rings (SSSR count). The molecule has 7 heteroatoms. The summed E-state index contributed by atoms with van der Waals surface area (Å²) in [6, 6.07) is 11.5. The molecule has 0 bridgehead atoms. The largest absolute Gasteiger partial charge is 0.491 e. The average Bonchev–Trinajstić information content (AvgIpc) is 3.28. The number of aryl methyl sites for hydroxylation is 2. The molecule has 1 saturated carbocycles. The Morgan fingerprint density at radius 3 is 2.79 bits per heavy atom. The molecule has 0 N–H and O–H groups in total. The molecular formula is C26H28N2O4S. The summed E-state index contributed by atoms with van der Waals surface area (Å²) in [5.41, 5.74) is 3.42. The first-order valence-corrected chi connectivity index (χ1v) is 12.3. The molecule has 0 radical (unpaired) electrons. The van der Waals surface area contributed by atoms with Crippen molar-refractivity contribution in [3.05, 3.63) is 75.4 Å². The highest BCUT2D eigenvalue weighted by molar-refractivity contribution is 7.10. The first-order valence-electron chi connectivity index (χ1n) is 11.4. The Morgan fingerprint density at radius 2 is 2.06 bits per heavy atom. The molecule has 0 saturated heterocycles. The van der Waals surface area contributed by atoms with Crippen LogP contribution in [-0.4, -0.2) is 47.4 Å². The van der Waals surface area contributed by atoms with Crippen LogP contribution in [0.2, 0.25) is 0 Å². The molecule has 2 aliphatic rings. The monoisotopic (exact) mass is 464 g/mol. The van der Waals surface area contributed by atoms with Crippen LogP contribution in [0.15, 0.2) is 52.5 Å². The molecule has 0 spiro atoms. The first-order chi connectivity index (χ1) is 16.0. The lowest BCUT2D eigenvalue weighted by Crippen LogP contribution is -2.48. The minimum absolute atomic E-state index is 0.0483. The third kappa shape index (κ3) is 4.55. The van der Waals surface area contributed by atoms with Crippen LogP contribution >= 0.6 is 11.3 Å².